The molecule has 1 aromatic rings. The van der Waals surface area contributed by atoms with Gasteiger partial charge in [-0.1, -0.05) is 17.7 Å². The number of nitrogens with one attached hydrogen (secondary N) is 1. The highest BCUT2D eigenvalue weighted by molar-refractivity contribution is 6.32. The second kappa shape index (κ2) is 5.25. The second-order valence-electron chi connectivity index (χ2n) is 4.58. The Morgan fingerprint density at radius 2 is 2.12 bits per heavy atom. The van der Waals surface area contributed by atoms with E-state index in [1.165, 1.54) is 5.56 Å². The summed E-state index contributed by atoms with van der Waals surface area (Å²) in [5, 5.41) is 4.03. The summed E-state index contributed by atoms with van der Waals surface area (Å²) in [6.45, 7) is 2.69. The summed E-state index contributed by atoms with van der Waals surface area (Å²) < 4.78 is 5.18. The molecule has 0 aromatic heterocycles. The molecule has 1 aromatic carbocycles. The number of rotatable bonds is 3. The van der Waals surface area contributed by atoms with E-state index in [2.05, 4.69) is 11.4 Å². The Kier molecular flexibility index (Phi) is 3.92. The van der Waals surface area contributed by atoms with Crippen molar-refractivity contribution in [2.24, 2.45) is 5.73 Å². The molecule has 0 aliphatic carbocycles. The fourth-order valence-corrected chi connectivity index (χ4v) is 2.77. The largest absolute Gasteiger partial charge is 0.495 e. The maximum Gasteiger partial charge on any atom is 0.137 e. The number of methoxy groups -OCH3 is 1. The van der Waals surface area contributed by atoms with Gasteiger partial charge in [-0.3, -0.25) is 0 Å². The van der Waals surface area contributed by atoms with Crippen LogP contribution >= 0.6 is 11.6 Å². The van der Waals surface area contributed by atoms with Gasteiger partial charge in [-0.05, 0) is 43.6 Å². The molecule has 0 radical (unpaired) electrons. The minimum atomic E-state index is 0.0706. The summed E-state index contributed by atoms with van der Waals surface area (Å²) in [6, 6.07) is 6.01. The molecule has 3 N–H and O–H groups in total. The summed E-state index contributed by atoms with van der Waals surface area (Å²) >= 11 is 6.19. The molecule has 0 spiro atoms. The first kappa shape index (κ1) is 12.7. The van der Waals surface area contributed by atoms with E-state index < -0.39 is 0 Å². The number of nitrogens with two attached hydrogens (primary N) is 1. The molecular weight excluding hydrogens is 236 g/mol. The lowest BCUT2D eigenvalue weighted by molar-refractivity contribution is 0.315. The molecule has 4 heteroatoms. The second-order valence-corrected chi connectivity index (χ2v) is 4.99. The highest BCUT2D eigenvalue weighted by Crippen LogP contribution is 2.36. The summed E-state index contributed by atoms with van der Waals surface area (Å²) in [4.78, 5) is 0. The van der Waals surface area contributed by atoms with E-state index in [0.717, 1.165) is 31.7 Å². The van der Waals surface area contributed by atoms with Gasteiger partial charge in [0.25, 0.3) is 0 Å². The zero-order valence-electron chi connectivity index (χ0n) is 10.1. The van der Waals surface area contributed by atoms with Crippen LogP contribution in [0.15, 0.2) is 18.2 Å². The van der Waals surface area contributed by atoms with Crippen molar-refractivity contribution in [3.63, 3.8) is 0 Å². The lowest BCUT2D eigenvalue weighted by Gasteiger charge is -2.37. The van der Waals surface area contributed by atoms with Crippen molar-refractivity contribution in [2.75, 3.05) is 26.7 Å². The van der Waals surface area contributed by atoms with Crippen LogP contribution in [-0.4, -0.2) is 26.7 Å². The van der Waals surface area contributed by atoms with E-state index in [-0.39, 0.29) is 5.41 Å². The minimum Gasteiger partial charge on any atom is -0.495 e. The quantitative estimate of drug-likeness (QED) is 0.867. The molecule has 0 saturated carbocycles. The third-order valence-electron chi connectivity index (χ3n) is 3.72. The minimum absolute atomic E-state index is 0.0706. The van der Waals surface area contributed by atoms with Crippen LogP contribution in [-0.2, 0) is 5.41 Å². The molecule has 0 amide bonds. The zero-order chi connectivity index (χ0) is 12.3. The average Bonchev–Trinajstić information content (AvgIpc) is 2.39. The van der Waals surface area contributed by atoms with Crippen LogP contribution in [0.25, 0.3) is 0 Å². The van der Waals surface area contributed by atoms with Crippen molar-refractivity contribution in [1.29, 1.82) is 0 Å². The normalized spacial score (nSPS) is 19.0. The first-order valence-corrected chi connectivity index (χ1v) is 6.34. The highest BCUT2D eigenvalue weighted by atomic mass is 35.5. The average molecular weight is 255 g/mol. The number of halogens is 1. The Hall–Kier alpha value is -0.770. The van der Waals surface area contributed by atoms with Gasteiger partial charge in [0.15, 0.2) is 0 Å². The molecule has 1 fully saturated rings. The molecule has 2 rings (SSSR count). The van der Waals surface area contributed by atoms with E-state index in [1.807, 2.05) is 12.1 Å². The molecule has 17 heavy (non-hydrogen) atoms. The topological polar surface area (TPSA) is 47.3 Å². The molecule has 1 saturated heterocycles. The number of benzene rings is 1. The van der Waals surface area contributed by atoms with Gasteiger partial charge in [-0.25, -0.2) is 0 Å². The van der Waals surface area contributed by atoms with E-state index in [4.69, 9.17) is 22.1 Å². The fourth-order valence-electron chi connectivity index (χ4n) is 2.51. The number of ether oxygens (including phenoxy) is 1. The predicted molar refractivity (Wildman–Crippen MR) is 70.8 cm³/mol. The van der Waals surface area contributed by atoms with E-state index in [1.54, 1.807) is 7.11 Å². The Morgan fingerprint density at radius 1 is 1.41 bits per heavy atom. The number of piperidine rings is 1. The molecule has 3 nitrogen and oxygen atoms in total. The van der Waals surface area contributed by atoms with Crippen LogP contribution in [0.4, 0.5) is 0 Å². The van der Waals surface area contributed by atoms with Crippen LogP contribution in [0.2, 0.25) is 5.02 Å². The molecule has 1 aliphatic heterocycles. The molecule has 1 aliphatic rings. The SMILES string of the molecule is COc1ccc(C2(CN)CCNCC2)cc1Cl. The zero-order valence-corrected chi connectivity index (χ0v) is 10.9. The summed E-state index contributed by atoms with van der Waals surface area (Å²) in [7, 11) is 1.63. The number of hydrogen-bond acceptors (Lipinski definition) is 3. The standard InChI is InChI=1S/C13H19ClN2O/c1-17-12-3-2-10(8-11(12)14)13(9-15)4-6-16-7-5-13/h2-3,8,16H,4-7,9,15H2,1H3. The third kappa shape index (κ3) is 2.41. The molecule has 1 heterocycles. The van der Waals surface area contributed by atoms with Gasteiger partial charge >= 0.3 is 0 Å². The van der Waals surface area contributed by atoms with Crippen molar-refractivity contribution >= 4 is 11.6 Å². The van der Waals surface area contributed by atoms with Crippen molar-refractivity contribution in [1.82, 2.24) is 5.32 Å². The van der Waals surface area contributed by atoms with Crippen molar-refractivity contribution in [2.45, 2.75) is 18.3 Å². The van der Waals surface area contributed by atoms with E-state index in [9.17, 15) is 0 Å². The summed E-state index contributed by atoms with van der Waals surface area (Å²) in [5.41, 5.74) is 7.29. The van der Waals surface area contributed by atoms with Gasteiger partial charge < -0.3 is 15.8 Å². The van der Waals surface area contributed by atoms with Gasteiger partial charge in [0.2, 0.25) is 0 Å². The van der Waals surface area contributed by atoms with Crippen LogP contribution in [0.5, 0.6) is 5.75 Å². The van der Waals surface area contributed by atoms with Crippen LogP contribution in [0.1, 0.15) is 18.4 Å². The maximum atomic E-state index is 6.19. The molecule has 94 valence electrons. The molecule has 0 atom stereocenters. The van der Waals surface area contributed by atoms with Gasteiger partial charge in [0, 0.05) is 12.0 Å². The third-order valence-corrected chi connectivity index (χ3v) is 4.01. The Morgan fingerprint density at radius 3 is 2.65 bits per heavy atom. The van der Waals surface area contributed by atoms with Gasteiger partial charge in [0.05, 0.1) is 12.1 Å². The Labute approximate surface area is 107 Å². The Bertz CT molecular complexity index is 389. The first-order valence-electron chi connectivity index (χ1n) is 5.97. The Balaban J connectivity index is 2.33. The van der Waals surface area contributed by atoms with Crippen LogP contribution < -0.4 is 15.8 Å². The lowest BCUT2D eigenvalue weighted by atomic mass is 9.73. The first-order chi connectivity index (χ1) is 8.22. The molecule has 0 bridgehead atoms. The summed E-state index contributed by atoms with van der Waals surface area (Å²) in [5.74, 6) is 0.719. The monoisotopic (exact) mass is 254 g/mol. The fraction of sp³-hybridized carbons (Fsp3) is 0.538. The maximum absolute atomic E-state index is 6.19. The van der Waals surface area contributed by atoms with Gasteiger partial charge in [0.1, 0.15) is 5.75 Å². The summed E-state index contributed by atoms with van der Waals surface area (Å²) in [6.07, 6.45) is 2.12. The highest BCUT2D eigenvalue weighted by Gasteiger charge is 2.32. The van der Waals surface area contributed by atoms with Crippen molar-refractivity contribution < 1.29 is 4.74 Å². The smallest absolute Gasteiger partial charge is 0.137 e. The van der Waals surface area contributed by atoms with E-state index in [0.29, 0.717) is 11.6 Å². The van der Waals surface area contributed by atoms with Crippen LogP contribution in [0.3, 0.4) is 0 Å². The molecular formula is C13H19ClN2O. The van der Waals surface area contributed by atoms with Gasteiger partial charge in [-0.2, -0.15) is 0 Å². The predicted octanol–water partition coefficient (Wildman–Crippen LogP) is 1.93. The lowest BCUT2D eigenvalue weighted by Crippen LogP contribution is -2.44. The van der Waals surface area contributed by atoms with E-state index >= 15 is 0 Å². The van der Waals surface area contributed by atoms with Crippen molar-refractivity contribution in [3.05, 3.63) is 28.8 Å². The van der Waals surface area contributed by atoms with Crippen LogP contribution in [0, 0.1) is 0 Å². The molecule has 0 unspecified atom stereocenters. The van der Waals surface area contributed by atoms with Gasteiger partial charge in [-0.15, -0.1) is 0 Å². The number of hydrogen-bond donors (Lipinski definition) is 2. The van der Waals surface area contributed by atoms with Crippen molar-refractivity contribution in [3.8, 4) is 5.75 Å².